The molecule has 2 unspecified atom stereocenters. The molecule has 2 N–H and O–H groups in total. The first-order valence-corrected chi connectivity index (χ1v) is 6.70. The van der Waals surface area contributed by atoms with E-state index in [1.54, 1.807) is 6.92 Å². The van der Waals surface area contributed by atoms with E-state index < -0.39 is 0 Å². The van der Waals surface area contributed by atoms with Gasteiger partial charge in [-0.1, -0.05) is 25.1 Å². The summed E-state index contributed by atoms with van der Waals surface area (Å²) in [5, 5.41) is 12.2. The second kappa shape index (κ2) is 7.79. The van der Waals surface area contributed by atoms with Gasteiger partial charge in [-0.15, -0.1) is 0 Å². The zero-order valence-corrected chi connectivity index (χ0v) is 12.0. The van der Waals surface area contributed by atoms with E-state index in [2.05, 4.69) is 5.32 Å². The number of amides is 1. The van der Waals surface area contributed by atoms with Crippen LogP contribution < -0.4 is 10.2 Å². The number of aliphatic hydroxyl groups excluding tert-OH is 1. The van der Waals surface area contributed by atoms with Crippen LogP contribution in [0.4, 0.5) is 5.69 Å². The van der Waals surface area contributed by atoms with Gasteiger partial charge in [0.05, 0.1) is 12.6 Å². The largest absolute Gasteiger partial charge is 0.393 e. The standard InChI is InChI=1S/C15H24N2O2/c1-12(9-13(2)18)10-16-15(19)11-17(3)14-7-5-4-6-8-14/h4-8,12-13,18H,9-11H2,1-3H3,(H,16,19). The number of carbonyl (C=O) groups excluding carboxylic acids is 1. The third-order valence-electron chi connectivity index (χ3n) is 2.97. The van der Waals surface area contributed by atoms with Crippen molar-refractivity contribution in [1.29, 1.82) is 0 Å². The summed E-state index contributed by atoms with van der Waals surface area (Å²) in [5.41, 5.74) is 1.02. The molecule has 1 aromatic rings. The van der Waals surface area contributed by atoms with Crippen molar-refractivity contribution in [2.45, 2.75) is 26.4 Å². The maximum atomic E-state index is 11.8. The lowest BCUT2D eigenvalue weighted by Crippen LogP contribution is -2.37. The fourth-order valence-electron chi connectivity index (χ4n) is 2.00. The molecule has 4 heteroatoms. The molecule has 2 atom stereocenters. The molecule has 0 heterocycles. The molecule has 1 aromatic carbocycles. The van der Waals surface area contributed by atoms with Gasteiger partial charge in [0.25, 0.3) is 0 Å². The molecule has 0 aromatic heterocycles. The van der Waals surface area contributed by atoms with Crippen LogP contribution in [-0.2, 0) is 4.79 Å². The third-order valence-corrected chi connectivity index (χ3v) is 2.97. The molecule has 0 aliphatic heterocycles. The minimum atomic E-state index is -0.320. The average Bonchev–Trinajstić information content (AvgIpc) is 2.36. The van der Waals surface area contributed by atoms with E-state index in [0.717, 1.165) is 5.69 Å². The van der Waals surface area contributed by atoms with E-state index in [9.17, 15) is 9.90 Å². The van der Waals surface area contributed by atoms with E-state index >= 15 is 0 Å². The van der Waals surface area contributed by atoms with Crippen LogP contribution in [0.3, 0.4) is 0 Å². The molecule has 1 rings (SSSR count). The van der Waals surface area contributed by atoms with Gasteiger partial charge >= 0.3 is 0 Å². The Labute approximate surface area is 115 Å². The Balaban J connectivity index is 2.31. The van der Waals surface area contributed by atoms with Gasteiger partial charge in [-0.2, -0.15) is 0 Å². The van der Waals surface area contributed by atoms with E-state index in [1.807, 2.05) is 49.2 Å². The number of carbonyl (C=O) groups is 1. The van der Waals surface area contributed by atoms with Gasteiger partial charge in [0.2, 0.25) is 5.91 Å². The fourth-order valence-corrected chi connectivity index (χ4v) is 2.00. The van der Waals surface area contributed by atoms with Gasteiger partial charge in [0.15, 0.2) is 0 Å². The lowest BCUT2D eigenvalue weighted by atomic mass is 10.0. The molecular formula is C15H24N2O2. The molecule has 0 aliphatic rings. The zero-order chi connectivity index (χ0) is 14.3. The van der Waals surface area contributed by atoms with E-state index in [1.165, 1.54) is 0 Å². The SMILES string of the molecule is CC(O)CC(C)CNC(=O)CN(C)c1ccccc1. The summed E-state index contributed by atoms with van der Waals surface area (Å²) < 4.78 is 0. The average molecular weight is 264 g/mol. The van der Waals surface area contributed by atoms with Gasteiger partial charge < -0.3 is 15.3 Å². The normalized spacial score (nSPS) is 13.7. The summed E-state index contributed by atoms with van der Waals surface area (Å²) in [6.45, 7) is 4.73. The molecule has 0 bridgehead atoms. The molecule has 4 nitrogen and oxygen atoms in total. The Hall–Kier alpha value is -1.55. The van der Waals surface area contributed by atoms with Crippen molar-refractivity contribution >= 4 is 11.6 Å². The number of rotatable bonds is 7. The van der Waals surface area contributed by atoms with Crippen LogP contribution in [0.25, 0.3) is 0 Å². The molecule has 0 aliphatic carbocycles. The lowest BCUT2D eigenvalue weighted by Gasteiger charge is -2.20. The lowest BCUT2D eigenvalue weighted by molar-refractivity contribution is -0.119. The van der Waals surface area contributed by atoms with Crippen LogP contribution in [0.2, 0.25) is 0 Å². The summed E-state index contributed by atoms with van der Waals surface area (Å²) in [6, 6.07) is 9.81. The molecule has 106 valence electrons. The van der Waals surface area contributed by atoms with Crippen molar-refractivity contribution in [2.75, 3.05) is 25.0 Å². The Morgan fingerprint density at radius 1 is 1.32 bits per heavy atom. The first-order valence-electron chi connectivity index (χ1n) is 6.70. The Bertz CT molecular complexity index is 379. The van der Waals surface area contributed by atoms with Crippen molar-refractivity contribution < 1.29 is 9.90 Å². The number of benzene rings is 1. The molecule has 0 spiro atoms. The summed E-state index contributed by atoms with van der Waals surface area (Å²) in [4.78, 5) is 13.7. The highest BCUT2D eigenvalue weighted by molar-refractivity contribution is 5.81. The minimum Gasteiger partial charge on any atom is -0.393 e. The summed E-state index contributed by atoms with van der Waals surface area (Å²) in [7, 11) is 1.90. The van der Waals surface area contributed by atoms with Crippen LogP contribution >= 0.6 is 0 Å². The number of likely N-dealkylation sites (N-methyl/N-ethyl adjacent to an activating group) is 1. The topological polar surface area (TPSA) is 52.6 Å². The molecule has 1 amide bonds. The van der Waals surface area contributed by atoms with Crippen molar-refractivity contribution in [3.8, 4) is 0 Å². The molecule has 0 fully saturated rings. The maximum absolute atomic E-state index is 11.8. The molecular weight excluding hydrogens is 240 g/mol. The van der Waals surface area contributed by atoms with Crippen molar-refractivity contribution in [2.24, 2.45) is 5.92 Å². The molecule has 0 saturated carbocycles. The first-order chi connectivity index (χ1) is 8.99. The smallest absolute Gasteiger partial charge is 0.239 e. The number of nitrogens with zero attached hydrogens (tertiary/aromatic N) is 1. The highest BCUT2D eigenvalue weighted by Gasteiger charge is 2.10. The predicted molar refractivity (Wildman–Crippen MR) is 78.2 cm³/mol. The summed E-state index contributed by atoms with van der Waals surface area (Å²) in [6.07, 6.45) is 0.383. The van der Waals surface area contributed by atoms with Crippen LogP contribution in [-0.4, -0.2) is 37.3 Å². The number of nitrogens with one attached hydrogen (secondary N) is 1. The molecule has 0 saturated heterocycles. The highest BCUT2D eigenvalue weighted by atomic mass is 16.3. The van der Waals surface area contributed by atoms with Gasteiger partial charge in [-0.3, -0.25) is 4.79 Å². The minimum absolute atomic E-state index is 0.00351. The summed E-state index contributed by atoms with van der Waals surface area (Å²) in [5.74, 6) is 0.287. The Kier molecular flexibility index (Phi) is 6.36. The zero-order valence-electron chi connectivity index (χ0n) is 12.0. The second-order valence-electron chi connectivity index (χ2n) is 5.19. The number of para-hydroxylation sites is 1. The van der Waals surface area contributed by atoms with E-state index in [0.29, 0.717) is 19.5 Å². The number of hydrogen-bond donors (Lipinski definition) is 2. The van der Waals surface area contributed by atoms with Crippen LogP contribution in [0, 0.1) is 5.92 Å². The quantitative estimate of drug-likeness (QED) is 0.787. The van der Waals surface area contributed by atoms with Gasteiger partial charge in [0, 0.05) is 19.3 Å². The van der Waals surface area contributed by atoms with Gasteiger partial charge in [-0.05, 0) is 31.4 Å². The van der Waals surface area contributed by atoms with Crippen molar-refractivity contribution in [1.82, 2.24) is 5.32 Å². The van der Waals surface area contributed by atoms with Crippen molar-refractivity contribution in [3.63, 3.8) is 0 Å². The first kappa shape index (κ1) is 15.5. The second-order valence-corrected chi connectivity index (χ2v) is 5.19. The third kappa shape index (κ3) is 6.25. The molecule has 19 heavy (non-hydrogen) atoms. The number of anilines is 1. The van der Waals surface area contributed by atoms with Crippen LogP contribution in [0.15, 0.2) is 30.3 Å². The Morgan fingerprint density at radius 3 is 2.53 bits per heavy atom. The highest BCUT2D eigenvalue weighted by Crippen LogP contribution is 2.10. The van der Waals surface area contributed by atoms with E-state index in [4.69, 9.17) is 0 Å². The summed E-state index contributed by atoms with van der Waals surface area (Å²) >= 11 is 0. The maximum Gasteiger partial charge on any atom is 0.239 e. The van der Waals surface area contributed by atoms with Crippen LogP contribution in [0.1, 0.15) is 20.3 Å². The monoisotopic (exact) mass is 264 g/mol. The van der Waals surface area contributed by atoms with Crippen molar-refractivity contribution in [3.05, 3.63) is 30.3 Å². The number of aliphatic hydroxyl groups is 1. The molecule has 0 radical (unpaired) electrons. The van der Waals surface area contributed by atoms with Gasteiger partial charge in [0.1, 0.15) is 0 Å². The predicted octanol–water partition coefficient (Wildman–Crippen LogP) is 1.65. The van der Waals surface area contributed by atoms with Crippen LogP contribution in [0.5, 0.6) is 0 Å². The number of hydrogen-bond acceptors (Lipinski definition) is 3. The van der Waals surface area contributed by atoms with E-state index in [-0.39, 0.29) is 17.9 Å². The Morgan fingerprint density at radius 2 is 1.95 bits per heavy atom. The fraction of sp³-hybridized carbons (Fsp3) is 0.533. The van der Waals surface area contributed by atoms with Gasteiger partial charge in [-0.25, -0.2) is 0 Å².